The molecule has 0 bridgehead atoms. The number of esters is 1. The van der Waals surface area contributed by atoms with Crippen LogP contribution in [-0.4, -0.2) is 23.6 Å². The van der Waals surface area contributed by atoms with Crippen molar-refractivity contribution in [3.8, 4) is 0 Å². The Labute approximate surface area is 139 Å². The van der Waals surface area contributed by atoms with Crippen molar-refractivity contribution < 1.29 is 19.1 Å². The number of allylic oxidation sites excluding steroid dienone is 1. The summed E-state index contributed by atoms with van der Waals surface area (Å²) >= 11 is 0. The van der Waals surface area contributed by atoms with Gasteiger partial charge >= 0.3 is 5.97 Å². The molecule has 3 atom stereocenters. The first-order valence-electron chi connectivity index (χ1n) is 8.01. The minimum atomic E-state index is -0.669. The summed E-state index contributed by atoms with van der Waals surface area (Å²) in [6, 6.07) is 11.3. The summed E-state index contributed by atoms with van der Waals surface area (Å²) in [5, 5.41) is 1.87. The first kappa shape index (κ1) is 14.8. The highest BCUT2D eigenvalue weighted by Crippen LogP contribution is 2.39. The van der Waals surface area contributed by atoms with Gasteiger partial charge in [-0.1, -0.05) is 30.3 Å². The maximum absolute atomic E-state index is 13.1. The molecule has 2 aliphatic carbocycles. The summed E-state index contributed by atoms with van der Waals surface area (Å²) in [7, 11) is 0. The monoisotopic (exact) mass is 320 g/mol. The number of rotatable bonds is 1. The van der Waals surface area contributed by atoms with E-state index in [1.54, 1.807) is 18.2 Å². The van der Waals surface area contributed by atoms with Gasteiger partial charge in [0.2, 0.25) is 0 Å². The lowest BCUT2D eigenvalue weighted by atomic mass is 9.68. The molecule has 0 heterocycles. The zero-order valence-corrected chi connectivity index (χ0v) is 13.2. The molecule has 0 fully saturated rings. The lowest BCUT2D eigenvalue weighted by Crippen LogP contribution is -2.45. The third-order valence-electron chi connectivity index (χ3n) is 4.86. The molecule has 0 unspecified atom stereocenters. The van der Waals surface area contributed by atoms with Gasteiger partial charge in [0.05, 0.1) is 5.92 Å². The number of carbonyl (C=O) groups is 3. The Balaban J connectivity index is 1.86. The van der Waals surface area contributed by atoms with E-state index in [-0.39, 0.29) is 11.6 Å². The molecule has 0 N–H and O–H groups in total. The van der Waals surface area contributed by atoms with Crippen molar-refractivity contribution in [1.82, 2.24) is 0 Å². The van der Waals surface area contributed by atoms with Gasteiger partial charge in [0.15, 0.2) is 11.6 Å². The fourth-order valence-corrected chi connectivity index (χ4v) is 3.79. The van der Waals surface area contributed by atoms with Gasteiger partial charge < -0.3 is 4.74 Å². The van der Waals surface area contributed by atoms with Crippen molar-refractivity contribution in [3.05, 3.63) is 59.7 Å². The Bertz CT molecular complexity index is 909. The molecule has 4 nitrogen and oxygen atoms in total. The summed E-state index contributed by atoms with van der Waals surface area (Å²) in [6.07, 6.45) is 3.38. The van der Waals surface area contributed by atoms with Gasteiger partial charge in [-0.05, 0) is 35.4 Å². The highest BCUT2D eigenvalue weighted by atomic mass is 16.5. The van der Waals surface area contributed by atoms with Crippen LogP contribution in [0.5, 0.6) is 0 Å². The van der Waals surface area contributed by atoms with Crippen molar-refractivity contribution in [2.75, 3.05) is 0 Å². The highest BCUT2D eigenvalue weighted by Gasteiger charge is 2.46. The molecular weight excluding hydrogens is 304 g/mol. The second-order valence-corrected chi connectivity index (χ2v) is 6.34. The Kier molecular flexibility index (Phi) is 3.34. The Morgan fingerprint density at radius 2 is 1.67 bits per heavy atom. The van der Waals surface area contributed by atoms with Crippen molar-refractivity contribution in [1.29, 1.82) is 0 Å². The summed E-state index contributed by atoms with van der Waals surface area (Å²) in [4.78, 5) is 37.3. The SMILES string of the molecule is CC(=O)O[C@H]1C=CC[C@H]2C(=O)c3cc4ccccc4cc3C(=O)[C@H]12. The third kappa shape index (κ3) is 2.18. The number of benzene rings is 2. The molecule has 0 aromatic heterocycles. The predicted octanol–water partition coefficient (Wildman–Crippen LogP) is 3.34. The molecule has 4 heteroatoms. The summed E-state index contributed by atoms with van der Waals surface area (Å²) in [6.45, 7) is 1.31. The van der Waals surface area contributed by atoms with E-state index < -0.39 is 23.9 Å². The summed E-state index contributed by atoms with van der Waals surface area (Å²) < 4.78 is 5.28. The topological polar surface area (TPSA) is 60.4 Å². The predicted molar refractivity (Wildman–Crippen MR) is 88.9 cm³/mol. The van der Waals surface area contributed by atoms with Gasteiger partial charge in [-0.15, -0.1) is 0 Å². The van der Waals surface area contributed by atoms with Crippen molar-refractivity contribution in [2.24, 2.45) is 11.8 Å². The second-order valence-electron chi connectivity index (χ2n) is 6.34. The summed E-state index contributed by atoms with van der Waals surface area (Å²) in [5.41, 5.74) is 0.921. The van der Waals surface area contributed by atoms with Gasteiger partial charge in [0.1, 0.15) is 6.10 Å². The molecule has 2 aliphatic rings. The van der Waals surface area contributed by atoms with Crippen molar-refractivity contribution >= 4 is 28.3 Å². The molecular formula is C20H16O4. The average molecular weight is 320 g/mol. The van der Waals surface area contributed by atoms with Crippen molar-refractivity contribution in [3.63, 3.8) is 0 Å². The maximum atomic E-state index is 13.1. The Morgan fingerprint density at radius 1 is 1.04 bits per heavy atom. The third-order valence-corrected chi connectivity index (χ3v) is 4.86. The largest absolute Gasteiger partial charge is 0.458 e. The lowest BCUT2D eigenvalue weighted by Gasteiger charge is -2.36. The molecule has 120 valence electrons. The van der Waals surface area contributed by atoms with Crippen LogP contribution >= 0.6 is 0 Å². The highest BCUT2D eigenvalue weighted by molar-refractivity contribution is 6.18. The quantitative estimate of drug-likeness (QED) is 0.597. The van der Waals surface area contributed by atoms with Gasteiger partial charge in [-0.25, -0.2) is 0 Å². The molecule has 4 rings (SSSR count). The number of hydrogen-bond donors (Lipinski definition) is 0. The number of Topliss-reactive ketones (excluding diaryl/α,β-unsaturated/α-hetero) is 2. The minimum Gasteiger partial charge on any atom is -0.458 e. The van der Waals surface area contributed by atoms with Crippen LogP contribution in [0.3, 0.4) is 0 Å². The van der Waals surface area contributed by atoms with Crippen LogP contribution in [-0.2, 0) is 9.53 Å². The van der Waals surface area contributed by atoms with Gasteiger partial charge in [-0.2, -0.15) is 0 Å². The molecule has 0 aliphatic heterocycles. The van der Waals surface area contributed by atoms with Crippen molar-refractivity contribution in [2.45, 2.75) is 19.4 Å². The number of ketones is 2. The Morgan fingerprint density at radius 3 is 2.29 bits per heavy atom. The van der Waals surface area contributed by atoms with E-state index in [1.807, 2.05) is 30.3 Å². The van der Waals surface area contributed by atoms with E-state index in [0.29, 0.717) is 17.5 Å². The first-order chi connectivity index (χ1) is 11.6. The van der Waals surface area contributed by atoms with Crippen LogP contribution in [0, 0.1) is 11.8 Å². The smallest absolute Gasteiger partial charge is 0.303 e. The standard InChI is InChI=1S/C20H16O4/c1-11(21)24-17-8-4-7-14-18(17)20(23)16-10-13-6-3-2-5-12(13)9-15(16)19(14)22/h2-6,8-10,14,17-18H,7H2,1H3/t14-,17+,18+/m1/s1. The average Bonchev–Trinajstić information content (AvgIpc) is 2.58. The zero-order chi connectivity index (χ0) is 16.8. The number of hydrogen-bond acceptors (Lipinski definition) is 4. The van der Waals surface area contributed by atoms with Crippen LogP contribution in [0.25, 0.3) is 10.8 Å². The minimum absolute atomic E-state index is 0.0399. The van der Waals surface area contributed by atoms with Crippen LogP contribution < -0.4 is 0 Å². The fourth-order valence-electron chi connectivity index (χ4n) is 3.79. The lowest BCUT2D eigenvalue weighted by molar-refractivity contribution is -0.146. The van der Waals surface area contributed by atoms with Gasteiger partial charge in [-0.3, -0.25) is 14.4 Å². The molecule has 24 heavy (non-hydrogen) atoms. The van der Waals surface area contributed by atoms with Crippen LogP contribution in [0.15, 0.2) is 48.6 Å². The van der Waals surface area contributed by atoms with Crippen LogP contribution in [0.4, 0.5) is 0 Å². The van der Waals surface area contributed by atoms with E-state index >= 15 is 0 Å². The number of fused-ring (bicyclic) bond motifs is 3. The van der Waals surface area contributed by atoms with Gasteiger partial charge in [0, 0.05) is 24.0 Å². The molecule has 0 radical (unpaired) electrons. The number of ether oxygens (including phenoxy) is 1. The van der Waals surface area contributed by atoms with E-state index in [2.05, 4.69) is 0 Å². The van der Waals surface area contributed by atoms with E-state index in [0.717, 1.165) is 10.8 Å². The molecule has 0 spiro atoms. The number of carbonyl (C=O) groups excluding carboxylic acids is 3. The van der Waals surface area contributed by atoms with E-state index in [9.17, 15) is 14.4 Å². The zero-order valence-electron chi connectivity index (χ0n) is 13.2. The van der Waals surface area contributed by atoms with Crippen LogP contribution in [0.1, 0.15) is 34.1 Å². The first-order valence-corrected chi connectivity index (χ1v) is 8.01. The molecule has 0 amide bonds. The Hall–Kier alpha value is -2.75. The summed E-state index contributed by atoms with van der Waals surface area (Å²) in [5.74, 6) is -1.69. The van der Waals surface area contributed by atoms with E-state index in [1.165, 1.54) is 6.92 Å². The normalized spacial score (nSPS) is 25.3. The molecule has 0 saturated heterocycles. The molecule has 2 aromatic rings. The van der Waals surface area contributed by atoms with Gasteiger partial charge in [0.25, 0.3) is 0 Å². The van der Waals surface area contributed by atoms with Crippen LogP contribution in [0.2, 0.25) is 0 Å². The maximum Gasteiger partial charge on any atom is 0.303 e. The molecule has 0 saturated carbocycles. The second kappa shape index (κ2) is 5.41. The van der Waals surface area contributed by atoms with E-state index in [4.69, 9.17) is 4.74 Å². The fraction of sp³-hybridized carbons (Fsp3) is 0.250. The molecule has 2 aromatic carbocycles.